The van der Waals surface area contributed by atoms with Gasteiger partial charge in [-0.3, -0.25) is 19.3 Å². The summed E-state index contributed by atoms with van der Waals surface area (Å²) in [5, 5.41) is 7.07. The molecule has 9 nitrogen and oxygen atoms in total. The zero-order chi connectivity index (χ0) is 23.9. The average molecular weight is 464 g/mol. The Morgan fingerprint density at radius 2 is 1.85 bits per heavy atom. The van der Waals surface area contributed by atoms with Crippen molar-refractivity contribution in [2.24, 2.45) is 5.92 Å². The molecule has 2 aromatic heterocycles. The van der Waals surface area contributed by atoms with E-state index >= 15 is 0 Å². The smallest absolute Gasteiger partial charge is 0.244 e. The maximum atomic E-state index is 12.5. The van der Waals surface area contributed by atoms with Crippen molar-refractivity contribution >= 4 is 17.5 Å². The molecule has 1 fully saturated rings. The van der Waals surface area contributed by atoms with E-state index in [1.807, 2.05) is 31.2 Å². The summed E-state index contributed by atoms with van der Waals surface area (Å²) in [5.41, 5.74) is 1.74. The van der Waals surface area contributed by atoms with Gasteiger partial charge in [0.25, 0.3) is 0 Å². The molecule has 1 aliphatic carbocycles. The first-order valence-corrected chi connectivity index (χ1v) is 11.3. The van der Waals surface area contributed by atoms with Crippen LogP contribution in [0.2, 0.25) is 0 Å². The van der Waals surface area contributed by atoms with Crippen LogP contribution in [-0.2, 0) is 16.1 Å². The number of nitrogens with zero attached hydrogens (tertiary/aromatic N) is 4. The van der Waals surface area contributed by atoms with Crippen LogP contribution in [0.15, 0.2) is 61.2 Å². The molecule has 0 bridgehead atoms. The quantitative estimate of drug-likeness (QED) is 0.496. The molecule has 178 valence electrons. The van der Waals surface area contributed by atoms with Crippen LogP contribution in [-0.4, -0.2) is 57.8 Å². The number of ether oxygens (including phenoxy) is 2. The van der Waals surface area contributed by atoms with Crippen LogP contribution in [0.25, 0.3) is 0 Å². The Hall–Kier alpha value is -3.88. The second-order valence-corrected chi connectivity index (χ2v) is 8.48. The minimum Gasteiger partial charge on any atom is -0.492 e. The maximum Gasteiger partial charge on any atom is 0.244 e. The molecule has 0 atom stereocenters. The zero-order valence-corrected chi connectivity index (χ0v) is 19.4. The number of aromatic nitrogens is 3. The number of carbonyl (C=O) groups excluding carboxylic acids is 2. The number of anilines is 1. The number of hydrogen-bond donors (Lipinski definition) is 1. The molecule has 34 heavy (non-hydrogen) atoms. The molecule has 0 radical (unpaired) electrons. The van der Waals surface area contributed by atoms with Gasteiger partial charge in [0.1, 0.15) is 30.8 Å². The van der Waals surface area contributed by atoms with Crippen molar-refractivity contribution < 1.29 is 19.1 Å². The van der Waals surface area contributed by atoms with Gasteiger partial charge in [-0.2, -0.15) is 5.10 Å². The minimum atomic E-state index is -0.100. The van der Waals surface area contributed by atoms with E-state index in [2.05, 4.69) is 15.4 Å². The van der Waals surface area contributed by atoms with Crippen molar-refractivity contribution in [2.75, 3.05) is 25.5 Å². The Bertz CT molecular complexity index is 1090. The maximum absolute atomic E-state index is 12.5. The lowest BCUT2D eigenvalue weighted by molar-refractivity contribution is -0.131. The van der Waals surface area contributed by atoms with E-state index in [4.69, 9.17) is 9.47 Å². The summed E-state index contributed by atoms with van der Waals surface area (Å²) in [4.78, 5) is 30.5. The Morgan fingerprint density at radius 1 is 1.12 bits per heavy atom. The van der Waals surface area contributed by atoms with Crippen molar-refractivity contribution in [3.63, 3.8) is 0 Å². The number of carbonyl (C=O) groups is 2. The topological polar surface area (TPSA) is 98.6 Å². The van der Waals surface area contributed by atoms with Gasteiger partial charge in [-0.15, -0.1) is 0 Å². The molecule has 0 aliphatic heterocycles. The lowest BCUT2D eigenvalue weighted by Crippen LogP contribution is -2.40. The summed E-state index contributed by atoms with van der Waals surface area (Å²) in [5.74, 6) is 1.28. The third kappa shape index (κ3) is 6.34. The third-order valence-corrected chi connectivity index (χ3v) is 5.76. The zero-order valence-electron chi connectivity index (χ0n) is 19.4. The van der Waals surface area contributed by atoms with Gasteiger partial charge in [0.2, 0.25) is 11.8 Å². The second kappa shape index (κ2) is 10.8. The van der Waals surface area contributed by atoms with Crippen LogP contribution < -0.4 is 14.8 Å². The first-order valence-electron chi connectivity index (χ1n) is 11.3. The molecule has 4 rings (SSSR count). The normalized spacial score (nSPS) is 16.9. The number of benzene rings is 1. The van der Waals surface area contributed by atoms with Gasteiger partial charge in [0.15, 0.2) is 0 Å². The van der Waals surface area contributed by atoms with Crippen LogP contribution in [0, 0.1) is 12.8 Å². The lowest BCUT2D eigenvalue weighted by Gasteiger charge is -2.34. The van der Waals surface area contributed by atoms with Gasteiger partial charge in [-0.1, -0.05) is 17.7 Å². The molecular weight excluding hydrogens is 434 g/mol. The number of nitrogens with one attached hydrogen (secondary N) is 1. The highest BCUT2D eigenvalue weighted by Crippen LogP contribution is 2.32. The molecule has 0 saturated heterocycles. The third-order valence-electron chi connectivity index (χ3n) is 5.76. The molecular formula is C25H29N5O4. The molecule has 0 spiro atoms. The number of amides is 2. The number of aryl methyl sites for hydroxylation is 1. The Morgan fingerprint density at radius 3 is 2.59 bits per heavy atom. The minimum absolute atomic E-state index is 0.0315. The predicted molar refractivity (Wildman–Crippen MR) is 127 cm³/mol. The van der Waals surface area contributed by atoms with Gasteiger partial charge in [0.05, 0.1) is 18.4 Å². The summed E-state index contributed by atoms with van der Waals surface area (Å²) in [7, 11) is 1.73. The second-order valence-electron chi connectivity index (χ2n) is 8.48. The van der Waals surface area contributed by atoms with Crippen LogP contribution in [0.5, 0.6) is 11.5 Å². The van der Waals surface area contributed by atoms with Crippen LogP contribution in [0.3, 0.4) is 0 Å². The molecule has 1 N–H and O–H groups in total. The van der Waals surface area contributed by atoms with Gasteiger partial charge in [-0.05, 0) is 44.0 Å². The van der Waals surface area contributed by atoms with Gasteiger partial charge in [0, 0.05) is 31.6 Å². The van der Waals surface area contributed by atoms with Crippen molar-refractivity contribution in [3.05, 3.63) is 66.7 Å². The number of likely N-dealkylation sites (N-methyl/N-ethyl adjacent to an activating group) is 1. The van der Waals surface area contributed by atoms with E-state index in [-0.39, 0.29) is 30.4 Å². The van der Waals surface area contributed by atoms with Crippen molar-refractivity contribution in [1.82, 2.24) is 19.7 Å². The van der Waals surface area contributed by atoms with E-state index < -0.39 is 0 Å². The van der Waals surface area contributed by atoms with Crippen molar-refractivity contribution in [2.45, 2.75) is 32.4 Å². The van der Waals surface area contributed by atoms with Crippen molar-refractivity contribution in [1.29, 1.82) is 0 Å². The molecule has 2 heterocycles. The van der Waals surface area contributed by atoms with E-state index in [9.17, 15) is 9.59 Å². The average Bonchev–Trinajstić information content (AvgIpc) is 3.24. The number of pyridine rings is 1. The molecule has 3 aromatic rings. The highest BCUT2D eigenvalue weighted by molar-refractivity contribution is 5.93. The van der Waals surface area contributed by atoms with E-state index in [0.29, 0.717) is 31.7 Å². The van der Waals surface area contributed by atoms with E-state index in [1.165, 1.54) is 10.2 Å². The fourth-order valence-electron chi connectivity index (χ4n) is 3.56. The first-order chi connectivity index (χ1) is 16.5. The molecule has 0 unspecified atom stereocenters. The Labute approximate surface area is 198 Å². The summed E-state index contributed by atoms with van der Waals surface area (Å²) in [6, 6.07) is 11.4. The lowest BCUT2D eigenvalue weighted by atomic mass is 9.81. The fraction of sp³-hybridized carbons (Fsp3) is 0.360. The van der Waals surface area contributed by atoms with Gasteiger partial charge < -0.3 is 19.7 Å². The predicted octanol–water partition coefficient (Wildman–Crippen LogP) is 2.92. The standard InChI is InChI=1S/C25H29N5O4/c1-18-3-5-21(6-4-18)33-12-11-29(2)24(31)17-30-16-20(15-27-30)28-25(32)19-13-23(14-19)34-22-7-9-26-10-8-22/h3-10,15-16,19,23H,11-14,17H2,1-2H3,(H,28,32). The summed E-state index contributed by atoms with van der Waals surface area (Å²) < 4.78 is 13.0. The molecule has 2 amide bonds. The van der Waals surface area contributed by atoms with Gasteiger partial charge >= 0.3 is 0 Å². The largest absolute Gasteiger partial charge is 0.492 e. The van der Waals surface area contributed by atoms with E-state index in [0.717, 1.165) is 11.5 Å². The first kappa shape index (κ1) is 23.3. The number of hydrogen-bond acceptors (Lipinski definition) is 6. The highest BCUT2D eigenvalue weighted by atomic mass is 16.5. The Kier molecular flexibility index (Phi) is 7.41. The van der Waals surface area contributed by atoms with Crippen LogP contribution in [0.4, 0.5) is 5.69 Å². The number of rotatable bonds is 10. The van der Waals surface area contributed by atoms with Crippen molar-refractivity contribution in [3.8, 4) is 11.5 Å². The molecule has 1 aromatic carbocycles. The Balaban J connectivity index is 1.16. The summed E-state index contributed by atoms with van der Waals surface area (Å²) >= 11 is 0. The summed E-state index contributed by atoms with van der Waals surface area (Å²) in [6.45, 7) is 2.97. The SMILES string of the molecule is Cc1ccc(OCCN(C)C(=O)Cn2cc(NC(=O)C3CC(Oc4ccncc4)C3)cn2)cc1. The fourth-order valence-corrected chi connectivity index (χ4v) is 3.56. The van der Waals surface area contributed by atoms with E-state index in [1.54, 1.807) is 48.9 Å². The van der Waals surface area contributed by atoms with Gasteiger partial charge in [-0.25, -0.2) is 0 Å². The molecule has 1 aliphatic rings. The molecule has 1 saturated carbocycles. The van der Waals surface area contributed by atoms with Crippen LogP contribution >= 0.6 is 0 Å². The monoisotopic (exact) mass is 463 g/mol. The van der Waals surface area contributed by atoms with Crippen LogP contribution in [0.1, 0.15) is 18.4 Å². The molecule has 9 heteroatoms. The summed E-state index contributed by atoms with van der Waals surface area (Å²) in [6.07, 6.45) is 7.93. The highest BCUT2D eigenvalue weighted by Gasteiger charge is 2.36.